The molecule has 2 nitrogen and oxygen atoms in total. The highest BCUT2D eigenvalue weighted by Gasteiger charge is 2.13. The first-order chi connectivity index (χ1) is 12.3. The van der Waals surface area contributed by atoms with Crippen molar-refractivity contribution < 1.29 is 9.53 Å². The van der Waals surface area contributed by atoms with Crippen molar-refractivity contribution in [2.24, 2.45) is 0 Å². The minimum Gasteiger partial charge on any atom is -0.423 e. The van der Waals surface area contributed by atoms with Gasteiger partial charge in [0.15, 0.2) is 0 Å². The molecule has 0 saturated carbocycles. The maximum Gasteiger partial charge on any atom is 0.343 e. The lowest BCUT2D eigenvalue weighted by molar-refractivity contribution is 0.0734. The van der Waals surface area contributed by atoms with Gasteiger partial charge in [-0.05, 0) is 86.2 Å². The SMILES string of the molecule is Cc1ccc(C(=O)Oc2ccc(-c3ccc(C)c(C)c3)c(C)c2)c(C)c1. The number of esters is 1. The van der Waals surface area contributed by atoms with E-state index in [1.807, 2.05) is 57.2 Å². The summed E-state index contributed by atoms with van der Waals surface area (Å²) in [4.78, 5) is 12.5. The summed E-state index contributed by atoms with van der Waals surface area (Å²) in [5.74, 6) is 0.251. The van der Waals surface area contributed by atoms with Crippen LogP contribution in [0, 0.1) is 34.6 Å². The number of aryl methyl sites for hydroxylation is 5. The average Bonchev–Trinajstić information content (AvgIpc) is 2.57. The van der Waals surface area contributed by atoms with Crippen molar-refractivity contribution in [3.63, 3.8) is 0 Å². The number of hydrogen-bond donors (Lipinski definition) is 0. The van der Waals surface area contributed by atoms with Gasteiger partial charge in [0.1, 0.15) is 5.75 Å². The number of benzene rings is 3. The van der Waals surface area contributed by atoms with Gasteiger partial charge in [0, 0.05) is 0 Å². The molecule has 0 radical (unpaired) electrons. The van der Waals surface area contributed by atoms with E-state index in [-0.39, 0.29) is 5.97 Å². The van der Waals surface area contributed by atoms with Crippen molar-refractivity contribution in [1.82, 2.24) is 0 Å². The summed E-state index contributed by atoms with van der Waals surface area (Å²) < 4.78 is 5.60. The van der Waals surface area contributed by atoms with Gasteiger partial charge in [-0.15, -0.1) is 0 Å². The van der Waals surface area contributed by atoms with Gasteiger partial charge >= 0.3 is 5.97 Å². The predicted octanol–water partition coefficient (Wildman–Crippen LogP) is 6.11. The summed E-state index contributed by atoms with van der Waals surface area (Å²) in [7, 11) is 0. The maximum absolute atomic E-state index is 12.5. The van der Waals surface area contributed by atoms with E-state index in [1.54, 1.807) is 0 Å². The van der Waals surface area contributed by atoms with Gasteiger partial charge in [-0.25, -0.2) is 4.79 Å². The zero-order valence-corrected chi connectivity index (χ0v) is 16.0. The lowest BCUT2D eigenvalue weighted by atomic mass is 9.97. The van der Waals surface area contributed by atoms with Crippen molar-refractivity contribution in [2.75, 3.05) is 0 Å². The third kappa shape index (κ3) is 3.70. The Morgan fingerprint density at radius 1 is 0.692 bits per heavy atom. The van der Waals surface area contributed by atoms with Gasteiger partial charge < -0.3 is 4.74 Å². The molecule has 3 aromatic rings. The normalized spacial score (nSPS) is 10.7. The van der Waals surface area contributed by atoms with E-state index in [9.17, 15) is 4.79 Å². The minimum absolute atomic E-state index is 0.319. The van der Waals surface area contributed by atoms with Crippen LogP contribution < -0.4 is 4.74 Å². The number of carbonyl (C=O) groups is 1. The van der Waals surface area contributed by atoms with Crippen LogP contribution in [0.4, 0.5) is 0 Å². The van der Waals surface area contributed by atoms with Crippen LogP contribution in [0.3, 0.4) is 0 Å². The van der Waals surface area contributed by atoms with Crippen LogP contribution in [0.15, 0.2) is 54.6 Å². The molecule has 0 fully saturated rings. The van der Waals surface area contributed by atoms with E-state index >= 15 is 0 Å². The molecule has 3 rings (SSSR count). The van der Waals surface area contributed by atoms with E-state index in [0.717, 1.165) is 22.3 Å². The van der Waals surface area contributed by atoms with E-state index < -0.39 is 0 Å². The third-order valence-electron chi connectivity index (χ3n) is 4.83. The van der Waals surface area contributed by atoms with Crippen LogP contribution in [-0.2, 0) is 0 Å². The smallest absolute Gasteiger partial charge is 0.343 e. The molecule has 0 spiro atoms. The fourth-order valence-corrected chi connectivity index (χ4v) is 3.14. The fourth-order valence-electron chi connectivity index (χ4n) is 3.14. The zero-order chi connectivity index (χ0) is 18.8. The Morgan fingerprint density at radius 2 is 1.46 bits per heavy atom. The Hall–Kier alpha value is -2.87. The van der Waals surface area contributed by atoms with Gasteiger partial charge in [0.05, 0.1) is 5.56 Å². The molecule has 0 aliphatic rings. The second-order valence-electron chi connectivity index (χ2n) is 6.98. The number of rotatable bonds is 3. The van der Waals surface area contributed by atoms with Gasteiger partial charge in [0.25, 0.3) is 0 Å². The Bertz CT molecular complexity index is 983. The molecular formula is C24H24O2. The topological polar surface area (TPSA) is 26.3 Å². The lowest BCUT2D eigenvalue weighted by Gasteiger charge is -2.12. The molecule has 0 N–H and O–H groups in total. The van der Waals surface area contributed by atoms with Crippen LogP contribution in [0.5, 0.6) is 5.75 Å². The van der Waals surface area contributed by atoms with Crippen LogP contribution in [0.1, 0.15) is 38.2 Å². The first kappa shape index (κ1) is 17.9. The monoisotopic (exact) mass is 344 g/mol. The highest BCUT2D eigenvalue weighted by atomic mass is 16.5. The maximum atomic E-state index is 12.5. The molecule has 132 valence electrons. The van der Waals surface area contributed by atoms with Gasteiger partial charge in [0.2, 0.25) is 0 Å². The van der Waals surface area contributed by atoms with Crippen molar-refractivity contribution in [3.8, 4) is 16.9 Å². The van der Waals surface area contributed by atoms with Gasteiger partial charge in [-0.2, -0.15) is 0 Å². The number of hydrogen-bond acceptors (Lipinski definition) is 2. The molecule has 0 aliphatic carbocycles. The van der Waals surface area contributed by atoms with E-state index in [4.69, 9.17) is 4.74 Å². The predicted molar refractivity (Wildman–Crippen MR) is 107 cm³/mol. The van der Waals surface area contributed by atoms with Crippen LogP contribution in [0.2, 0.25) is 0 Å². The summed E-state index contributed by atoms with van der Waals surface area (Å²) in [5.41, 5.74) is 8.63. The molecule has 0 atom stereocenters. The first-order valence-corrected chi connectivity index (χ1v) is 8.83. The average molecular weight is 344 g/mol. The van der Waals surface area contributed by atoms with Crippen LogP contribution in [-0.4, -0.2) is 5.97 Å². The van der Waals surface area contributed by atoms with Gasteiger partial charge in [-0.1, -0.05) is 42.0 Å². The minimum atomic E-state index is -0.319. The number of carbonyl (C=O) groups excluding carboxylic acids is 1. The van der Waals surface area contributed by atoms with E-state index in [1.165, 1.54) is 16.7 Å². The summed E-state index contributed by atoms with van der Waals surface area (Å²) >= 11 is 0. The highest BCUT2D eigenvalue weighted by Crippen LogP contribution is 2.29. The molecule has 0 unspecified atom stereocenters. The summed E-state index contributed by atoms with van der Waals surface area (Å²) in [6.07, 6.45) is 0. The molecule has 2 heteroatoms. The third-order valence-corrected chi connectivity index (χ3v) is 4.83. The van der Waals surface area contributed by atoms with Gasteiger partial charge in [-0.3, -0.25) is 0 Å². The Morgan fingerprint density at radius 3 is 2.12 bits per heavy atom. The Labute approximate surface area is 155 Å². The fraction of sp³-hybridized carbons (Fsp3) is 0.208. The molecule has 0 saturated heterocycles. The van der Waals surface area contributed by atoms with Crippen LogP contribution in [0.25, 0.3) is 11.1 Å². The van der Waals surface area contributed by atoms with E-state index in [2.05, 4.69) is 32.0 Å². The Kier molecular flexibility index (Phi) is 4.94. The zero-order valence-electron chi connectivity index (χ0n) is 16.0. The Balaban J connectivity index is 1.85. The first-order valence-electron chi connectivity index (χ1n) is 8.83. The molecule has 0 heterocycles. The van der Waals surface area contributed by atoms with Crippen molar-refractivity contribution in [2.45, 2.75) is 34.6 Å². The molecule has 0 amide bonds. The van der Waals surface area contributed by atoms with Crippen LogP contribution >= 0.6 is 0 Å². The molecule has 0 aromatic heterocycles. The summed E-state index contributed by atoms with van der Waals surface area (Å²) in [6.45, 7) is 10.2. The number of ether oxygens (including phenoxy) is 1. The van der Waals surface area contributed by atoms with Crippen molar-refractivity contribution in [3.05, 3.63) is 88.0 Å². The molecule has 3 aromatic carbocycles. The van der Waals surface area contributed by atoms with E-state index in [0.29, 0.717) is 11.3 Å². The second kappa shape index (κ2) is 7.17. The molecular weight excluding hydrogens is 320 g/mol. The molecule has 0 aliphatic heterocycles. The standard InChI is InChI=1S/C24H24O2/c1-15-6-10-23(18(4)12-15)24(25)26-21-9-11-22(19(5)14-21)20-8-7-16(2)17(3)13-20/h6-14H,1-5H3. The lowest BCUT2D eigenvalue weighted by Crippen LogP contribution is -2.10. The summed E-state index contributed by atoms with van der Waals surface area (Å²) in [6, 6.07) is 18.0. The second-order valence-corrected chi connectivity index (χ2v) is 6.98. The molecule has 26 heavy (non-hydrogen) atoms. The van der Waals surface area contributed by atoms with Crippen molar-refractivity contribution in [1.29, 1.82) is 0 Å². The molecule has 0 bridgehead atoms. The quantitative estimate of drug-likeness (QED) is 0.423. The van der Waals surface area contributed by atoms with Crippen molar-refractivity contribution >= 4 is 5.97 Å². The largest absolute Gasteiger partial charge is 0.423 e. The highest BCUT2D eigenvalue weighted by molar-refractivity contribution is 5.92. The summed E-state index contributed by atoms with van der Waals surface area (Å²) in [5, 5.41) is 0.